The van der Waals surface area contributed by atoms with Gasteiger partial charge in [-0.1, -0.05) is 18.2 Å². The van der Waals surface area contributed by atoms with Gasteiger partial charge in [0.2, 0.25) is 5.91 Å². The first kappa shape index (κ1) is 11.0. The zero-order valence-electron chi connectivity index (χ0n) is 9.80. The fourth-order valence-electron chi connectivity index (χ4n) is 1.88. The van der Waals surface area contributed by atoms with E-state index < -0.39 is 0 Å². The van der Waals surface area contributed by atoms with Crippen LogP contribution in [-0.2, 0) is 11.3 Å². The number of carbonyl (C=O) groups is 1. The third-order valence-corrected chi connectivity index (χ3v) is 3.00. The lowest BCUT2D eigenvalue weighted by Gasteiger charge is -2.06. The number of nitrogens with one attached hydrogen (secondary N) is 1. The lowest BCUT2D eigenvalue weighted by atomic mass is 10.2. The highest BCUT2D eigenvalue weighted by molar-refractivity contribution is 5.81. The molecule has 3 rings (SSSR count). The monoisotopic (exact) mass is 243 g/mol. The van der Waals surface area contributed by atoms with Crippen LogP contribution in [-0.4, -0.2) is 21.7 Å². The lowest BCUT2D eigenvalue weighted by Crippen LogP contribution is -2.34. The molecule has 1 heterocycles. The van der Waals surface area contributed by atoms with Crippen molar-refractivity contribution in [2.75, 3.05) is 0 Å². The van der Waals surface area contributed by atoms with Crippen molar-refractivity contribution < 1.29 is 4.79 Å². The zero-order valence-corrected chi connectivity index (χ0v) is 9.80. The Kier molecular flexibility index (Phi) is 2.59. The third kappa shape index (κ3) is 2.11. The highest BCUT2D eigenvalue weighted by atomic mass is 16.2. The summed E-state index contributed by atoms with van der Waals surface area (Å²) in [5.41, 5.74) is -0.223. The molecule has 1 fully saturated rings. The molecule has 0 aliphatic heterocycles. The Morgan fingerprint density at radius 2 is 2.17 bits per heavy atom. The number of aromatic nitrogens is 2. The third-order valence-electron chi connectivity index (χ3n) is 3.00. The van der Waals surface area contributed by atoms with Gasteiger partial charge in [0.05, 0.1) is 11.6 Å². The Morgan fingerprint density at radius 3 is 2.94 bits per heavy atom. The van der Waals surface area contributed by atoms with Gasteiger partial charge in [0.25, 0.3) is 5.56 Å². The Labute approximate surface area is 103 Å². The van der Waals surface area contributed by atoms with Crippen molar-refractivity contribution in [3.63, 3.8) is 0 Å². The van der Waals surface area contributed by atoms with Crippen molar-refractivity contribution in [1.29, 1.82) is 0 Å². The quantitative estimate of drug-likeness (QED) is 0.862. The van der Waals surface area contributed by atoms with Gasteiger partial charge < -0.3 is 5.32 Å². The first-order valence-electron chi connectivity index (χ1n) is 5.98. The number of benzene rings is 1. The molecule has 2 aromatic rings. The van der Waals surface area contributed by atoms with Crippen molar-refractivity contribution in [1.82, 2.24) is 15.1 Å². The molecule has 0 unspecified atom stereocenters. The molecule has 1 saturated carbocycles. The molecule has 92 valence electrons. The largest absolute Gasteiger partial charge is 0.352 e. The minimum Gasteiger partial charge on any atom is -0.352 e. The average molecular weight is 243 g/mol. The van der Waals surface area contributed by atoms with Crippen molar-refractivity contribution in [2.45, 2.75) is 25.4 Å². The molecule has 0 atom stereocenters. The first-order valence-corrected chi connectivity index (χ1v) is 5.98. The molecule has 0 spiro atoms. The van der Waals surface area contributed by atoms with Crippen LogP contribution in [0.3, 0.4) is 0 Å². The van der Waals surface area contributed by atoms with Crippen molar-refractivity contribution in [3.05, 3.63) is 40.8 Å². The summed E-state index contributed by atoms with van der Waals surface area (Å²) in [7, 11) is 0. The topological polar surface area (TPSA) is 64.0 Å². The van der Waals surface area contributed by atoms with Crippen LogP contribution in [0.25, 0.3) is 10.8 Å². The van der Waals surface area contributed by atoms with Crippen LogP contribution in [0.2, 0.25) is 0 Å². The minimum atomic E-state index is -0.223. The van der Waals surface area contributed by atoms with Crippen molar-refractivity contribution in [2.24, 2.45) is 0 Å². The minimum absolute atomic E-state index is 0.0137. The van der Waals surface area contributed by atoms with E-state index in [4.69, 9.17) is 0 Å². The van der Waals surface area contributed by atoms with Gasteiger partial charge in [-0.3, -0.25) is 9.59 Å². The molecule has 5 heteroatoms. The summed E-state index contributed by atoms with van der Waals surface area (Å²) in [5.74, 6) is -0.151. The van der Waals surface area contributed by atoms with Crippen LogP contribution in [0.5, 0.6) is 0 Å². The fourth-order valence-corrected chi connectivity index (χ4v) is 1.88. The van der Waals surface area contributed by atoms with E-state index in [9.17, 15) is 9.59 Å². The maximum absolute atomic E-state index is 12.1. The Bertz CT molecular complexity index is 659. The second-order valence-corrected chi connectivity index (χ2v) is 4.54. The highest BCUT2D eigenvalue weighted by Gasteiger charge is 2.23. The number of rotatable bonds is 3. The van der Waals surface area contributed by atoms with E-state index in [2.05, 4.69) is 10.4 Å². The van der Waals surface area contributed by atoms with E-state index in [1.807, 2.05) is 12.1 Å². The van der Waals surface area contributed by atoms with Gasteiger partial charge in [0.15, 0.2) is 0 Å². The second kappa shape index (κ2) is 4.25. The summed E-state index contributed by atoms with van der Waals surface area (Å²) < 4.78 is 1.21. The molecular weight excluding hydrogens is 230 g/mol. The molecule has 18 heavy (non-hydrogen) atoms. The standard InChI is InChI=1S/C13H13N3O2/c17-12(15-10-5-6-10)8-16-13(18)11-4-2-1-3-9(11)7-14-16/h1-4,7,10H,5-6,8H2,(H,15,17). The number of fused-ring (bicyclic) bond motifs is 1. The van der Waals surface area contributed by atoms with E-state index in [1.54, 1.807) is 18.3 Å². The van der Waals surface area contributed by atoms with Gasteiger partial charge in [-0.15, -0.1) is 0 Å². The van der Waals surface area contributed by atoms with Gasteiger partial charge in [-0.05, 0) is 18.9 Å². The number of amides is 1. The van der Waals surface area contributed by atoms with Gasteiger partial charge in [-0.2, -0.15) is 5.10 Å². The molecule has 1 aliphatic carbocycles. The predicted molar refractivity (Wildman–Crippen MR) is 67.2 cm³/mol. The summed E-state index contributed by atoms with van der Waals surface area (Å²) in [6.07, 6.45) is 3.68. The molecule has 1 aliphatic rings. The Hall–Kier alpha value is -2.17. The van der Waals surface area contributed by atoms with Gasteiger partial charge in [0.1, 0.15) is 6.54 Å². The van der Waals surface area contributed by atoms with E-state index >= 15 is 0 Å². The van der Waals surface area contributed by atoms with Gasteiger partial charge in [-0.25, -0.2) is 4.68 Å². The maximum atomic E-state index is 12.1. The second-order valence-electron chi connectivity index (χ2n) is 4.54. The normalized spacial score (nSPS) is 14.7. The van der Waals surface area contributed by atoms with Crippen LogP contribution in [0.1, 0.15) is 12.8 Å². The van der Waals surface area contributed by atoms with E-state index in [0.29, 0.717) is 11.4 Å². The number of hydrogen-bond donors (Lipinski definition) is 1. The maximum Gasteiger partial charge on any atom is 0.275 e. The van der Waals surface area contributed by atoms with Crippen molar-refractivity contribution in [3.8, 4) is 0 Å². The summed E-state index contributed by atoms with van der Waals surface area (Å²) in [5, 5.41) is 8.24. The molecule has 1 N–H and O–H groups in total. The molecule has 0 radical (unpaired) electrons. The zero-order chi connectivity index (χ0) is 12.5. The number of carbonyl (C=O) groups excluding carboxylic acids is 1. The summed E-state index contributed by atoms with van der Waals surface area (Å²) in [6.45, 7) is -0.0137. The molecule has 5 nitrogen and oxygen atoms in total. The van der Waals surface area contributed by atoms with Crippen LogP contribution >= 0.6 is 0 Å². The smallest absolute Gasteiger partial charge is 0.275 e. The fraction of sp³-hybridized carbons (Fsp3) is 0.308. The SMILES string of the molecule is O=C(Cn1ncc2ccccc2c1=O)NC1CC1. The summed E-state index contributed by atoms with van der Waals surface area (Å²) in [6, 6.07) is 7.53. The van der Waals surface area contributed by atoms with Crippen molar-refractivity contribution >= 4 is 16.7 Å². The molecule has 1 amide bonds. The van der Waals surface area contributed by atoms with Crippen LogP contribution in [0.4, 0.5) is 0 Å². The van der Waals surface area contributed by atoms with Crippen LogP contribution in [0, 0.1) is 0 Å². The molecule has 1 aromatic heterocycles. The number of hydrogen-bond acceptors (Lipinski definition) is 3. The van der Waals surface area contributed by atoms with E-state index in [1.165, 1.54) is 4.68 Å². The number of nitrogens with zero attached hydrogens (tertiary/aromatic N) is 2. The molecular formula is C13H13N3O2. The lowest BCUT2D eigenvalue weighted by molar-refractivity contribution is -0.122. The molecule has 1 aromatic carbocycles. The average Bonchev–Trinajstić information content (AvgIpc) is 3.17. The Balaban J connectivity index is 1.89. The van der Waals surface area contributed by atoms with E-state index in [-0.39, 0.29) is 18.0 Å². The molecule has 0 saturated heterocycles. The summed E-state index contributed by atoms with van der Waals surface area (Å²) >= 11 is 0. The first-order chi connectivity index (χ1) is 8.74. The van der Waals surface area contributed by atoms with Gasteiger partial charge >= 0.3 is 0 Å². The molecule has 0 bridgehead atoms. The summed E-state index contributed by atoms with van der Waals surface area (Å²) in [4.78, 5) is 23.7. The van der Waals surface area contributed by atoms with Crippen LogP contribution in [0.15, 0.2) is 35.3 Å². The van der Waals surface area contributed by atoms with Gasteiger partial charge in [0, 0.05) is 11.4 Å². The van der Waals surface area contributed by atoms with Crippen LogP contribution < -0.4 is 10.9 Å². The predicted octanol–water partition coefficient (Wildman–Crippen LogP) is 0.675. The van der Waals surface area contributed by atoms with E-state index in [0.717, 1.165) is 18.2 Å². The Morgan fingerprint density at radius 1 is 1.39 bits per heavy atom. The highest BCUT2D eigenvalue weighted by Crippen LogP contribution is 2.18.